The van der Waals surface area contributed by atoms with E-state index in [0.717, 1.165) is 29.0 Å². The number of benzene rings is 3. The van der Waals surface area contributed by atoms with Gasteiger partial charge in [-0.25, -0.2) is 13.2 Å². The molecule has 1 atom stereocenters. The summed E-state index contributed by atoms with van der Waals surface area (Å²) >= 11 is 14.1. The van der Waals surface area contributed by atoms with Gasteiger partial charge < -0.3 is 15.5 Å². The van der Waals surface area contributed by atoms with Gasteiger partial charge in [-0.15, -0.1) is 0 Å². The average molecular weight is 594 g/mol. The number of phenolic OH excluding ortho intramolecular Hbond substituents is 1. The van der Waals surface area contributed by atoms with E-state index in [4.69, 9.17) is 23.2 Å². The van der Waals surface area contributed by atoms with E-state index in [1.807, 2.05) is 6.07 Å². The van der Waals surface area contributed by atoms with Crippen molar-refractivity contribution < 1.29 is 28.2 Å². The largest absolute Gasteiger partial charge is 0.508 e. The molecule has 0 bridgehead atoms. The normalized spacial score (nSPS) is 12.4. The van der Waals surface area contributed by atoms with E-state index >= 15 is 0 Å². The second kappa shape index (κ2) is 11.3. The van der Waals surface area contributed by atoms with E-state index < -0.39 is 27.8 Å². The number of carboxylic acid groups (broad SMARTS) is 1. The van der Waals surface area contributed by atoms with Crippen LogP contribution in [0.25, 0.3) is 10.1 Å². The Balaban J connectivity index is 1.56. The summed E-state index contributed by atoms with van der Waals surface area (Å²) in [5, 5.41) is 22.6. The van der Waals surface area contributed by atoms with Gasteiger partial charge in [-0.1, -0.05) is 47.5 Å². The van der Waals surface area contributed by atoms with Crippen molar-refractivity contribution in [3.05, 3.63) is 87.0 Å². The maximum Gasteiger partial charge on any atom is 0.326 e. The zero-order valence-electron chi connectivity index (χ0n) is 19.9. The number of fused-ring (bicyclic) bond motifs is 1. The lowest BCUT2D eigenvalue weighted by Crippen LogP contribution is -2.42. The number of aromatic hydroxyl groups is 1. The maximum absolute atomic E-state index is 13.1. The molecule has 0 unspecified atom stereocenters. The first-order chi connectivity index (χ1) is 17.9. The number of sulfone groups is 1. The zero-order chi connectivity index (χ0) is 27.6. The number of carbonyl (C=O) groups excluding carboxylic acids is 1. The molecular weight excluding hydrogens is 571 g/mol. The number of nitrogens with one attached hydrogen (secondary N) is 1. The molecule has 0 aliphatic heterocycles. The monoisotopic (exact) mass is 592 g/mol. The molecule has 0 saturated carbocycles. The highest BCUT2D eigenvalue weighted by molar-refractivity contribution is 7.90. The summed E-state index contributed by atoms with van der Waals surface area (Å²) in [6, 6.07) is 13.0. The third-order valence-electron chi connectivity index (χ3n) is 5.89. The highest BCUT2D eigenvalue weighted by atomic mass is 35.5. The van der Waals surface area contributed by atoms with E-state index in [1.54, 1.807) is 30.3 Å². The molecule has 4 aromatic rings. The minimum Gasteiger partial charge on any atom is -0.508 e. The van der Waals surface area contributed by atoms with Crippen molar-refractivity contribution >= 4 is 66.5 Å². The Morgan fingerprint density at radius 2 is 1.76 bits per heavy atom. The van der Waals surface area contributed by atoms with Crippen LogP contribution in [0.3, 0.4) is 0 Å². The molecule has 38 heavy (non-hydrogen) atoms. The van der Waals surface area contributed by atoms with Crippen LogP contribution in [-0.2, 0) is 33.9 Å². The van der Waals surface area contributed by atoms with E-state index in [1.165, 1.54) is 18.2 Å². The van der Waals surface area contributed by atoms with Gasteiger partial charge in [-0.05, 0) is 65.8 Å². The van der Waals surface area contributed by atoms with Crippen molar-refractivity contribution in [2.75, 3.05) is 6.26 Å². The van der Waals surface area contributed by atoms with Gasteiger partial charge in [0.05, 0.1) is 30.9 Å². The fourth-order valence-electron chi connectivity index (χ4n) is 3.99. The summed E-state index contributed by atoms with van der Waals surface area (Å²) in [5.74, 6) is -1.90. The van der Waals surface area contributed by atoms with Gasteiger partial charge in [0.15, 0.2) is 9.84 Å². The Hall–Kier alpha value is -3.18. The lowest BCUT2D eigenvalue weighted by Gasteiger charge is -2.16. The molecule has 0 aliphatic rings. The molecule has 4 rings (SSSR count). The predicted octanol–water partition coefficient (Wildman–Crippen LogP) is 4.92. The van der Waals surface area contributed by atoms with Crippen molar-refractivity contribution in [2.24, 2.45) is 0 Å². The molecule has 1 heterocycles. The van der Waals surface area contributed by atoms with Crippen molar-refractivity contribution in [3.63, 3.8) is 0 Å². The molecule has 0 fully saturated rings. The van der Waals surface area contributed by atoms with E-state index in [0.29, 0.717) is 28.5 Å². The molecule has 0 saturated heterocycles. The number of carbonyl (C=O) groups is 2. The Bertz CT molecular complexity index is 1650. The number of hydrogen-bond donors (Lipinski definition) is 3. The molecule has 0 aliphatic carbocycles. The molecule has 12 heteroatoms. The standard InChI is InChI=1S/C26H22Cl2N2O6S2/c1-38(35,36)17-7-3-5-15(11-17)12-21(26(33)34)29-25(32)22-19(27)13-18-20(30-37-24(18)23(22)28)9-8-14-4-2-6-16(31)10-14/h2-7,10-11,13,21,31H,8-9,12H2,1H3,(H,29,32)(H,33,34)/t21-/m0/s1. The first-order valence-corrected chi connectivity index (χ1v) is 14.7. The van der Waals surface area contributed by atoms with Crippen LogP contribution in [-0.4, -0.2) is 47.2 Å². The van der Waals surface area contributed by atoms with Gasteiger partial charge in [-0.2, -0.15) is 4.37 Å². The molecule has 0 spiro atoms. The predicted molar refractivity (Wildman–Crippen MR) is 147 cm³/mol. The second-order valence-electron chi connectivity index (χ2n) is 8.71. The van der Waals surface area contributed by atoms with E-state index in [2.05, 4.69) is 9.69 Å². The van der Waals surface area contributed by atoms with Gasteiger partial charge >= 0.3 is 5.97 Å². The molecule has 198 valence electrons. The number of hydrogen-bond acceptors (Lipinski definition) is 7. The molecule has 1 amide bonds. The fraction of sp³-hybridized carbons (Fsp3) is 0.192. The topological polar surface area (TPSA) is 134 Å². The number of aromatic nitrogens is 1. The Kier molecular flexibility index (Phi) is 8.27. The third-order valence-corrected chi connectivity index (χ3v) is 8.71. The van der Waals surface area contributed by atoms with Crippen LogP contribution >= 0.6 is 34.7 Å². The summed E-state index contributed by atoms with van der Waals surface area (Å²) in [6.45, 7) is 0. The first kappa shape index (κ1) is 27.8. The van der Waals surface area contributed by atoms with Crippen LogP contribution in [0.2, 0.25) is 10.0 Å². The number of aliphatic carboxylic acids is 1. The number of carboxylic acids is 1. The number of halogens is 2. The fourth-order valence-corrected chi connectivity index (χ4v) is 6.26. The smallest absolute Gasteiger partial charge is 0.326 e. The highest BCUT2D eigenvalue weighted by Gasteiger charge is 2.26. The SMILES string of the molecule is CS(=O)(=O)c1cccc(C[C@H](NC(=O)c2c(Cl)cc3c(CCc4cccc(O)c4)nsc3c2Cl)C(=O)O)c1. The minimum absolute atomic E-state index is 0.0435. The van der Waals surface area contributed by atoms with Crippen LogP contribution < -0.4 is 5.32 Å². The van der Waals surface area contributed by atoms with Crippen LogP contribution in [0.4, 0.5) is 0 Å². The average Bonchev–Trinajstić information content (AvgIpc) is 3.25. The summed E-state index contributed by atoms with van der Waals surface area (Å²) in [6.07, 6.45) is 2.07. The van der Waals surface area contributed by atoms with Gasteiger partial charge in [0.2, 0.25) is 0 Å². The summed E-state index contributed by atoms with van der Waals surface area (Å²) in [5.41, 5.74) is 2.02. The first-order valence-electron chi connectivity index (χ1n) is 11.3. The van der Waals surface area contributed by atoms with Crippen molar-refractivity contribution in [2.45, 2.75) is 30.2 Å². The molecule has 8 nitrogen and oxygen atoms in total. The highest BCUT2D eigenvalue weighted by Crippen LogP contribution is 2.37. The quantitative estimate of drug-likeness (QED) is 0.251. The van der Waals surface area contributed by atoms with Crippen molar-refractivity contribution in [1.29, 1.82) is 0 Å². The number of aryl methyl sites for hydroxylation is 2. The van der Waals surface area contributed by atoms with Gasteiger partial charge in [0, 0.05) is 18.1 Å². The number of rotatable bonds is 9. The Labute approximate surface area is 232 Å². The van der Waals surface area contributed by atoms with Crippen molar-refractivity contribution in [1.82, 2.24) is 9.69 Å². The van der Waals surface area contributed by atoms with Gasteiger partial charge in [0.25, 0.3) is 5.91 Å². The van der Waals surface area contributed by atoms with Crippen LogP contribution in [0.15, 0.2) is 59.5 Å². The minimum atomic E-state index is -3.49. The third kappa shape index (κ3) is 6.27. The van der Waals surface area contributed by atoms with Crippen molar-refractivity contribution in [3.8, 4) is 5.75 Å². The molecule has 0 radical (unpaired) electrons. The lowest BCUT2D eigenvalue weighted by atomic mass is 10.0. The maximum atomic E-state index is 13.1. The van der Waals surface area contributed by atoms with E-state index in [9.17, 15) is 28.2 Å². The van der Waals surface area contributed by atoms with Gasteiger partial charge in [0.1, 0.15) is 11.8 Å². The van der Waals surface area contributed by atoms with E-state index in [-0.39, 0.29) is 32.7 Å². The van der Waals surface area contributed by atoms with Crippen LogP contribution in [0.5, 0.6) is 5.75 Å². The van der Waals surface area contributed by atoms with Crippen LogP contribution in [0.1, 0.15) is 27.2 Å². The number of phenols is 1. The molecule has 3 N–H and O–H groups in total. The molecule has 3 aromatic carbocycles. The Morgan fingerprint density at radius 1 is 1.05 bits per heavy atom. The summed E-state index contributed by atoms with van der Waals surface area (Å²) < 4.78 is 28.7. The number of amides is 1. The second-order valence-corrected chi connectivity index (χ2v) is 12.3. The molecular formula is C26H22Cl2N2O6S2. The zero-order valence-corrected chi connectivity index (χ0v) is 23.1. The summed E-state index contributed by atoms with van der Waals surface area (Å²) in [7, 11) is -3.49. The Morgan fingerprint density at radius 3 is 2.45 bits per heavy atom. The lowest BCUT2D eigenvalue weighted by molar-refractivity contribution is -0.139. The van der Waals surface area contributed by atoms with Gasteiger partial charge in [-0.3, -0.25) is 4.79 Å². The van der Waals surface area contributed by atoms with Crippen LogP contribution in [0, 0.1) is 0 Å². The number of nitrogens with zero attached hydrogens (tertiary/aromatic N) is 1. The molecule has 1 aromatic heterocycles. The summed E-state index contributed by atoms with van der Waals surface area (Å²) in [4.78, 5) is 25.1.